The van der Waals surface area contributed by atoms with Crippen molar-refractivity contribution in [1.29, 1.82) is 0 Å². The molecule has 2 aliphatic carbocycles. The van der Waals surface area contributed by atoms with Gasteiger partial charge < -0.3 is 15.0 Å². The molecule has 1 heterocycles. The minimum absolute atomic E-state index is 0.00138. The van der Waals surface area contributed by atoms with Crippen LogP contribution in [0.1, 0.15) is 67.2 Å². The topological polar surface area (TPSA) is 24.5 Å². The number of hydrogen-bond acceptors (Lipinski definition) is 3. The van der Waals surface area contributed by atoms with Gasteiger partial charge in [0.1, 0.15) is 5.76 Å². The number of nitrogens with zero attached hydrogens (tertiary/aromatic N) is 1. The quantitative estimate of drug-likeness (QED) is 0.309. The highest BCUT2D eigenvalue weighted by atomic mass is 16.5. The highest BCUT2D eigenvalue weighted by Gasteiger charge is 2.34. The van der Waals surface area contributed by atoms with Gasteiger partial charge in [-0.15, -0.1) is 0 Å². The van der Waals surface area contributed by atoms with Gasteiger partial charge in [0, 0.05) is 40.8 Å². The van der Waals surface area contributed by atoms with Crippen molar-refractivity contribution in [1.82, 2.24) is 10.2 Å². The third kappa shape index (κ3) is 6.20. The summed E-state index contributed by atoms with van der Waals surface area (Å²) < 4.78 is 5.70. The fraction of sp³-hybridized carbons (Fsp3) is 0.533. The molecule has 0 saturated carbocycles. The standard InChI is InChI=1S/C30H44N2O/c1-9-28(30(8)15-17-32(18-16-30)21-22(2)3)31-27-11-10-13-29(7)14-12-25(19-26(29)20-27)24(6)33-23(4)5/h9-10,12-13,19-20,22,31H,4,6,11,14-18,21H2,1-3,5,7-8H3/b28-9+. The van der Waals surface area contributed by atoms with Crippen LogP contribution in [0.2, 0.25) is 0 Å². The van der Waals surface area contributed by atoms with Crippen LogP contribution in [0.4, 0.5) is 0 Å². The van der Waals surface area contributed by atoms with Gasteiger partial charge in [-0.25, -0.2) is 0 Å². The van der Waals surface area contributed by atoms with Crippen molar-refractivity contribution in [2.24, 2.45) is 16.7 Å². The fourth-order valence-electron chi connectivity index (χ4n) is 5.20. The second-order valence-corrected chi connectivity index (χ2v) is 11.0. The maximum Gasteiger partial charge on any atom is 0.126 e. The predicted molar refractivity (Wildman–Crippen MR) is 141 cm³/mol. The molecule has 0 radical (unpaired) electrons. The summed E-state index contributed by atoms with van der Waals surface area (Å²) in [6, 6.07) is 0. The molecule has 3 heteroatoms. The van der Waals surface area contributed by atoms with E-state index < -0.39 is 0 Å². The van der Waals surface area contributed by atoms with Crippen molar-refractivity contribution >= 4 is 0 Å². The van der Waals surface area contributed by atoms with E-state index in [0.717, 1.165) is 24.3 Å². The Hall–Kier alpha value is -2.26. The van der Waals surface area contributed by atoms with E-state index in [0.29, 0.717) is 11.5 Å². The summed E-state index contributed by atoms with van der Waals surface area (Å²) in [6.07, 6.45) is 18.0. The Morgan fingerprint density at radius 2 is 1.91 bits per heavy atom. The number of allylic oxidation sites excluding steroid dienone is 9. The molecule has 1 atom stereocenters. The van der Waals surface area contributed by atoms with Gasteiger partial charge in [0.2, 0.25) is 0 Å². The highest BCUT2D eigenvalue weighted by Crippen LogP contribution is 2.43. The van der Waals surface area contributed by atoms with E-state index >= 15 is 0 Å². The molecule has 1 fully saturated rings. The lowest BCUT2D eigenvalue weighted by molar-refractivity contribution is 0.128. The lowest BCUT2D eigenvalue weighted by atomic mass is 9.74. The predicted octanol–water partition coefficient (Wildman–Crippen LogP) is 7.41. The van der Waals surface area contributed by atoms with Gasteiger partial charge in [-0.2, -0.15) is 0 Å². The van der Waals surface area contributed by atoms with E-state index in [1.807, 2.05) is 6.92 Å². The Morgan fingerprint density at radius 1 is 1.21 bits per heavy atom. The molecule has 1 saturated heterocycles. The minimum atomic E-state index is -0.00138. The summed E-state index contributed by atoms with van der Waals surface area (Å²) in [5.74, 6) is 2.06. The van der Waals surface area contributed by atoms with Crippen LogP contribution in [0.5, 0.6) is 0 Å². The molecule has 1 aliphatic heterocycles. The molecule has 0 aromatic heterocycles. The molecule has 0 amide bonds. The summed E-state index contributed by atoms with van der Waals surface area (Å²) in [6.45, 7) is 24.9. The highest BCUT2D eigenvalue weighted by molar-refractivity contribution is 5.50. The number of ether oxygens (including phenoxy) is 1. The van der Waals surface area contributed by atoms with Gasteiger partial charge in [0.25, 0.3) is 0 Å². The third-order valence-electron chi connectivity index (χ3n) is 7.31. The summed E-state index contributed by atoms with van der Waals surface area (Å²) >= 11 is 0. The minimum Gasteiger partial charge on any atom is -0.463 e. The molecule has 3 rings (SSSR count). The van der Waals surface area contributed by atoms with Crippen LogP contribution in [0, 0.1) is 16.7 Å². The van der Waals surface area contributed by atoms with E-state index in [1.165, 1.54) is 49.4 Å². The molecule has 3 nitrogen and oxygen atoms in total. The average molecular weight is 449 g/mol. The van der Waals surface area contributed by atoms with Gasteiger partial charge in [-0.3, -0.25) is 0 Å². The van der Waals surface area contributed by atoms with E-state index in [4.69, 9.17) is 4.74 Å². The first-order valence-electron chi connectivity index (χ1n) is 12.5. The van der Waals surface area contributed by atoms with Crippen molar-refractivity contribution < 1.29 is 4.74 Å². The lowest BCUT2D eigenvalue weighted by Crippen LogP contribution is -2.43. The Bertz CT molecular complexity index is 919. The van der Waals surface area contributed by atoms with Gasteiger partial charge >= 0.3 is 0 Å². The largest absolute Gasteiger partial charge is 0.463 e. The molecular formula is C30H44N2O. The van der Waals surface area contributed by atoms with Crippen molar-refractivity contribution in [2.45, 2.75) is 67.2 Å². The number of piperidine rings is 1. The van der Waals surface area contributed by atoms with Crippen LogP contribution in [0.25, 0.3) is 0 Å². The van der Waals surface area contributed by atoms with Crippen LogP contribution >= 0.6 is 0 Å². The molecular weight excluding hydrogens is 404 g/mol. The van der Waals surface area contributed by atoms with Crippen molar-refractivity contribution in [2.75, 3.05) is 19.6 Å². The second kappa shape index (κ2) is 10.3. The summed E-state index contributed by atoms with van der Waals surface area (Å²) in [5, 5.41) is 3.86. The molecule has 1 unspecified atom stereocenters. The van der Waals surface area contributed by atoms with E-state index in [1.54, 1.807) is 0 Å². The average Bonchev–Trinajstić information content (AvgIpc) is 2.90. The first kappa shape index (κ1) is 25.4. The Labute approximate surface area is 202 Å². The molecule has 0 bridgehead atoms. The Morgan fingerprint density at radius 3 is 2.52 bits per heavy atom. The Balaban J connectivity index is 1.78. The van der Waals surface area contributed by atoms with Gasteiger partial charge in [-0.05, 0) is 69.8 Å². The van der Waals surface area contributed by atoms with Crippen molar-refractivity contribution in [3.63, 3.8) is 0 Å². The third-order valence-corrected chi connectivity index (χ3v) is 7.31. The van der Waals surface area contributed by atoms with Crippen LogP contribution < -0.4 is 5.32 Å². The molecule has 33 heavy (non-hydrogen) atoms. The van der Waals surface area contributed by atoms with Gasteiger partial charge in [0.15, 0.2) is 0 Å². The molecule has 0 aromatic rings. The molecule has 0 spiro atoms. The number of nitrogens with one attached hydrogen (secondary N) is 1. The number of hydrogen-bond donors (Lipinski definition) is 1. The van der Waals surface area contributed by atoms with Crippen LogP contribution in [-0.4, -0.2) is 24.5 Å². The van der Waals surface area contributed by atoms with Gasteiger partial charge in [-0.1, -0.05) is 65.2 Å². The monoisotopic (exact) mass is 448 g/mol. The second-order valence-electron chi connectivity index (χ2n) is 11.0. The Kier molecular flexibility index (Phi) is 7.95. The number of rotatable bonds is 8. The molecule has 1 N–H and O–H groups in total. The van der Waals surface area contributed by atoms with E-state index in [2.05, 4.69) is 94.4 Å². The summed E-state index contributed by atoms with van der Waals surface area (Å²) in [5.41, 5.74) is 5.16. The first-order chi connectivity index (χ1) is 15.5. The van der Waals surface area contributed by atoms with Gasteiger partial charge in [0.05, 0.1) is 5.76 Å². The van der Waals surface area contributed by atoms with Crippen LogP contribution in [0.15, 0.2) is 83.7 Å². The van der Waals surface area contributed by atoms with Crippen molar-refractivity contribution in [3.05, 3.63) is 83.7 Å². The SMILES string of the molecule is C=C(C)OC(=C)C1=CCC2(C)C=CCC(N/C(=C/C)C3(C)CCN(CC(C)C)CC3)=CC2=C1. The van der Waals surface area contributed by atoms with E-state index in [-0.39, 0.29) is 10.8 Å². The zero-order valence-corrected chi connectivity index (χ0v) is 21.8. The van der Waals surface area contributed by atoms with Crippen LogP contribution in [-0.2, 0) is 4.74 Å². The summed E-state index contributed by atoms with van der Waals surface area (Å²) in [7, 11) is 0. The maximum atomic E-state index is 5.70. The van der Waals surface area contributed by atoms with E-state index in [9.17, 15) is 0 Å². The zero-order valence-electron chi connectivity index (χ0n) is 21.8. The fourth-order valence-corrected chi connectivity index (χ4v) is 5.20. The summed E-state index contributed by atoms with van der Waals surface area (Å²) in [4.78, 5) is 2.62. The first-order valence-corrected chi connectivity index (χ1v) is 12.5. The smallest absolute Gasteiger partial charge is 0.126 e. The normalized spacial score (nSPS) is 25.4. The van der Waals surface area contributed by atoms with Crippen LogP contribution in [0.3, 0.4) is 0 Å². The number of likely N-dealkylation sites (tertiary alicyclic amines) is 1. The molecule has 3 aliphatic rings. The lowest BCUT2D eigenvalue weighted by Gasteiger charge is -2.42. The molecule has 0 aromatic carbocycles. The number of fused-ring (bicyclic) bond motifs is 1. The molecule has 180 valence electrons. The maximum absolute atomic E-state index is 5.70. The zero-order chi connectivity index (χ0) is 24.2. The van der Waals surface area contributed by atoms with Crippen molar-refractivity contribution in [3.8, 4) is 0 Å².